The van der Waals surface area contributed by atoms with Crippen molar-refractivity contribution in [2.24, 2.45) is 0 Å². The van der Waals surface area contributed by atoms with Gasteiger partial charge in [-0.1, -0.05) is 29.5 Å². The molecule has 3 aromatic rings. The number of hydrogen-bond acceptors (Lipinski definition) is 6. The van der Waals surface area contributed by atoms with Crippen LogP contribution in [0.25, 0.3) is 11.3 Å². The van der Waals surface area contributed by atoms with Crippen LogP contribution in [-0.2, 0) is 4.79 Å². The fourth-order valence-corrected chi connectivity index (χ4v) is 5.09. The summed E-state index contributed by atoms with van der Waals surface area (Å²) < 4.78 is 2.14. The first-order valence-corrected chi connectivity index (χ1v) is 11.2. The minimum atomic E-state index is -0.0775. The Bertz CT molecular complexity index is 1010. The molecule has 8 heteroatoms. The van der Waals surface area contributed by atoms with Gasteiger partial charge in [0.05, 0.1) is 11.4 Å². The molecule has 4 rings (SSSR count). The van der Waals surface area contributed by atoms with Crippen molar-refractivity contribution >= 4 is 34.1 Å². The molecule has 2 aromatic heterocycles. The van der Waals surface area contributed by atoms with Gasteiger partial charge in [-0.3, -0.25) is 4.79 Å². The van der Waals surface area contributed by atoms with E-state index in [1.165, 1.54) is 52.6 Å². The first-order valence-electron chi connectivity index (χ1n) is 9.30. The first kappa shape index (κ1) is 19.1. The molecule has 146 valence electrons. The lowest BCUT2D eigenvalue weighted by molar-refractivity contribution is -0.113. The maximum atomic E-state index is 12.4. The maximum Gasteiger partial charge on any atom is 0.236 e. The number of thiazole rings is 1. The second-order valence-electron chi connectivity index (χ2n) is 7.28. The smallest absolute Gasteiger partial charge is 0.236 e. The van der Waals surface area contributed by atoms with E-state index < -0.39 is 0 Å². The van der Waals surface area contributed by atoms with Crippen LogP contribution in [0.1, 0.15) is 41.4 Å². The predicted molar refractivity (Wildman–Crippen MR) is 114 cm³/mol. The fourth-order valence-electron chi connectivity index (χ4n) is 3.52. The summed E-state index contributed by atoms with van der Waals surface area (Å²) in [6, 6.07) is 4.83. The van der Waals surface area contributed by atoms with Gasteiger partial charge in [0.2, 0.25) is 5.91 Å². The van der Waals surface area contributed by atoms with Crippen LogP contribution in [0.5, 0.6) is 0 Å². The van der Waals surface area contributed by atoms with Crippen LogP contribution in [0, 0.1) is 27.7 Å². The summed E-state index contributed by atoms with van der Waals surface area (Å²) in [4.78, 5) is 17.0. The van der Waals surface area contributed by atoms with Gasteiger partial charge in [0.15, 0.2) is 10.3 Å². The first-order chi connectivity index (χ1) is 13.4. The standard InChI is InChI=1S/C20H23N5OS2/c1-11-7-12(2)18(13(3)8-11)16-9-27-19(21-16)22-17(26)10-28-20-24-23-14(4)25(20)15-5-6-15/h7-9,15H,5-6,10H2,1-4H3,(H,21,22,26). The third kappa shape index (κ3) is 3.98. The third-order valence-corrected chi connectivity index (χ3v) is 6.46. The molecule has 6 nitrogen and oxygen atoms in total. The largest absolute Gasteiger partial charge is 0.303 e. The molecule has 0 radical (unpaired) electrons. The molecular weight excluding hydrogens is 390 g/mol. The van der Waals surface area contributed by atoms with Crippen LogP contribution in [0.4, 0.5) is 5.13 Å². The van der Waals surface area contributed by atoms with E-state index in [9.17, 15) is 4.79 Å². The van der Waals surface area contributed by atoms with E-state index >= 15 is 0 Å². The Hall–Kier alpha value is -2.19. The van der Waals surface area contributed by atoms with Crippen molar-refractivity contribution in [2.75, 3.05) is 11.1 Å². The Labute approximate surface area is 172 Å². The molecule has 28 heavy (non-hydrogen) atoms. The number of benzene rings is 1. The summed E-state index contributed by atoms with van der Waals surface area (Å²) >= 11 is 2.88. The van der Waals surface area contributed by atoms with E-state index in [-0.39, 0.29) is 5.91 Å². The van der Waals surface area contributed by atoms with Crippen LogP contribution < -0.4 is 5.32 Å². The van der Waals surface area contributed by atoms with Crippen LogP contribution in [0.2, 0.25) is 0 Å². The van der Waals surface area contributed by atoms with Gasteiger partial charge in [-0.25, -0.2) is 4.98 Å². The van der Waals surface area contributed by atoms with E-state index in [0.717, 1.165) is 22.2 Å². The number of carbonyl (C=O) groups excluding carboxylic acids is 1. The summed E-state index contributed by atoms with van der Waals surface area (Å²) in [6.07, 6.45) is 2.33. The Balaban J connectivity index is 1.41. The number of rotatable bonds is 6. The van der Waals surface area contributed by atoms with Crippen molar-refractivity contribution in [3.05, 3.63) is 40.0 Å². The minimum absolute atomic E-state index is 0.0775. The van der Waals surface area contributed by atoms with Crippen molar-refractivity contribution in [1.82, 2.24) is 19.7 Å². The van der Waals surface area contributed by atoms with E-state index in [0.29, 0.717) is 16.9 Å². The van der Waals surface area contributed by atoms with Gasteiger partial charge in [-0.05, 0) is 51.7 Å². The van der Waals surface area contributed by atoms with Gasteiger partial charge in [-0.15, -0.1) is 21.5 Å². The van der Waals surface area contributed by atoms with Gasteiger partial charge < -0.3 is 9.88 Å². The molecule has 0 saturated heterocycles. The quantitative estimate of drug-likeness (QED) is 0.593. The average Bonchev–Trinajstić information content (AvgIpc) is 3.24. The summed E-state index contributed by atoms with van der Waals surface area (Å²) in [5.41, 5.74) is 5.70. The zero-order valence-corrected chi connectivity index (χ0v) is 18.1. The molecule has 0 atom stereocenters. The summed E-state index contributed by atoms with van der Waals surface area (Å²) in [5, 5.41) is 14.7. The number of aryl methyl sites for hydroxylation is 4. The number of nitrogens with zero attached hydrogens (tertiary/aromatic N) is 4. The summed E-state index contributed by atoms with van der Waals surface area (Å²) in [5.74, 6) is 1.13. The number of amides is 1. The zero-order valence-electron chi connectivity index (χ0n) is 16.4. The zero-order chi connectivity index (χ0) is 19.8. The van der Waals surface area contributed by atoms with Gasteiger partial charge >= 0.3 is 0 Å². The molecule has 1 saturated carbocycles. The summed E-state index contributed by atoms with van der Waals surface area (Å²) in [6.45, 7) is 8.25. The molecule has 1 aliphatic carbocycles. The van der Waals surface area contributed by atoms with Crippen LogP contribution in [0.3, 0.4) is 0 Å². The van der Waals surface area contributed by atoms with Crippen molar-refractivity contribution in [3.8, 4) is 11.3 Å². The van der Waals surface area contributed by atoms with E-state index in [1.54, 1.807) is 0 Å². The molecule has 1 amide bonds. The van der Waals surface area contributed by atoms with E-state index in [2.05, 4.69) is 58.0 Å². The monoisotopic (exact) mass is 413 g/mol. The van der Waals surface area contributed by atoms with Crippen molar-refractivity contribution < 1.29 is 4.79 Å². The second kappa shape index (κ2) is 7.67. The third-order valence-electron chi connectivity index (χ3n) is 4.76. The second-order valence-corrected chi connectivity index (χ2v) is 9.08. The van der Waals surface area contributed by atoms with Crippen LogP contribution in [-0.4, -0.2) is 31.4 Å². The van der Waals surface area contributed by atoms with Crippen molar-refractivity contribution in [1.29, 1.82) is 0 Å². The molecule has 1 aromatic carbocycles. The number of nitrogens with one attached hydrogen (secondary N) is 1. The van der Waals surface area contributed by atoms with Crippen molar-refractivity contribution in [3.63, 3.8) is 0 Å². The highest BCUT2D eigenvalue weighted by Crippen LogP contribution is 2.38. The molecule has 1 fully saturated rings. The molecule has 1 N–H and O–H groups in total. The molecule has 2 heterocycles. The highest BCUT2D eigenvalue weighted by atomic mass is 32.2. The Morgan fingerprint density at radius 1 is 1.21 bits per heavy atom. The number of anilines is 1. The molecule has 0 unspecified atom stereocenters. The topological polar surface area (TPSA) is 72.7 Å². The lowest BCUT2D eigenvalue weighted by Gasteiger charge is -2.08. The van der Waals surface area contributed by atoms with Crippen LogP contribution in [0.15, 0.2) is 22.7 Å². The summed E-state index contributed by atoms with van der Waals surface area (Å²) in [7, 11) is 0. The fraction of sp³-hybridized carbons (Fsp3) is 0.400. The highest BCUT2D eigenvalue weighted by molar-refractivity contribution is 7.99. The Morgan fingerprint density at radius 2 is 1.93 bits per heavy atom. The lowest BCUT2D eigenvalue weighted by Crippen LogP contribution is -2.14. The Kier molecular flexibility index (Phi) is 5.25. The number of carbonyl (C=O) groups is 1. The minimum Gasteiger partial charge on any atom is -0.303 e. The highest BCUT2D eigenvalue weighted by Gasteiger charge is 2.28. The molecular formula is C20H23N5OS2. The van der Waals surface area contributed by atoms with Gasteiger partial charge in [0.1, 0.15) is 5.82 Å². The van der Waals surface area contributed by atoms with Crippen molar-refractivity contribution in [2.45, 2.75) is 51.7 Å². The van der Waals surface area contributed by atoms with E-state index in [4.69, 9.17) is 0 Å². The lowest BCUT2D eigenvalue weighted by atomic mass is 9.98. The number of thioether (sulfide) groups is 1. The molecule has 0 spiro atoms. The maximum absolute atomic E-state index is 12.4. The molecule has 0 bridgehead atoms. The van der Waals surface area contributed by atoms with Gasteiger partial charge in [0, 0.05) is 17.0 Å². The van der Waals surface area contributed by atoms with Gasteiger partial charge in [0.25, 0.3) is 0 Å². The van der Waals surface area contributed by atoms with E-state index in [1.807, 2.05) is 12.3 Å². The number of hydrogen-bond donors (Lipinski definition) is 1. The molecule has 1 aliphatic rings. The average molecular weight is 414 g/mol. The SMILES string of the molecule is Cc1cc(C)c(-c2csc(NC(=O)CSc3nnc(C)n3C3CC3)n2)c(C)c1. The van der Waals surface area contributed by atoms with Gasteiger partial charge in [-0.2, -0.15) is 0 Å². The Morgan fingerprint density at radius 3 is 2.61 bits per heavy atom. The predicted octanol–water partition coefficient (Wildman–Crippen LogP) is 4.70. The molecule has 0 aliphatic heterocycles. The van der Waals surface area contributed by atoms with Crippen LogP contribution >= 0.6 is 23.1 Å². The normalized spacial score (nSPS) is 13.7. The number of aromatic nitrogens is 4.